The molecule has 0 aromatic heterocycles. The summed E-state index contributed by atoms with van der Waals surface area (Å²) in [5.41, 5.74) is 0. The van der Waals surface area contributed by atoms with Crippen LogP contribution in [0.3, 0.4) is 0 Å². The highest BCUT2D eigenvalue weighted by molar-refractivity contribution is 4.71. The Balaban J connectivity index is 1.43. The monoisotopic (exact) mass is 254 g/mol. The van der Waals surface area contributed by atoms with Gasteiger partial charge in [0.05, 0.1) is 6.10 Å². The average Bonchev–Trinajstić information content (AvgIpc) is 2.42. The molecule has 0 amide bonds. The maximum absolute atomic E-state index is 9.45. The van der Waals surface area contributed by atoms with Gasteiger partial charge < -0.3 is 14.9 Å². The number of piperidine rings is 2. The summed E-state index contributed by atoms with van der Waals surface area (Å²) < 4.78 is 0. The van der Waals surface area contributed by atoms with Crippen LogP contribution in [-0.4, -0.2) is 60.3 Å². The quantitative estimate of drug-likeness (QED) is 0.735. The normalized spacial score (nSPS) is 24.5. The lowest BCUT2D eigenvalue weighted by Crippen LogP contribution is -2.36. The Morgan fingerprint density at radius 3 is 1.89 bits per heavy atom. The molecule has 3 heteroatoms. The third-order valence-electron chi connectivity index (χ3n) is 4.45. The van der Waals surface area contributed by atoms with Gasteiger partial charge in [0.2, 0.25) is 0 Å². The third kappa shape index (κ3) is 5.25. The number of aliphatic hydroxyl groups excluding tert-OH is 1. The minimum absolute atomic E-state index is 0.0275. The minimum Gasteiger partial charge on any atom is -0.393 e. The topological polar surface area (TPSA) is 26.7 Å². The largest absolute Gasteiger partial charge is 0.393 e. The van der Waals surface area contributed by atoms with Crippen molar-refractivity contribution in [2.75, 3.05) is 39.3 Å². The van der Waals surface area contributed by atoms with Gasteiger partial charge in [0.25, 0.3) is 0 Å². The highest BCUT2D eigenvalue weighted by Crippen LogP contribution is 2.12. The molecule has 2 fully saturated rings. The lowest BCUT2D eigenvalue weighted by molar-refractivity contribution is 0.0816. The summed E-state index contributed by atoms with van der Waals surface area (Å²) in [5, 5.41) is 9.45. The molecule has 0 aromatic rings. The molecule has 0 spiro atoms. The van der Waals surface area contributed by atoms with Crippen molar-refractivity contribution >= 4 is 0 Å². The van der Waals surface area contributed by atoms with Gasteiger partial charge in [-0.2, -0.15) is 0 Å². The maximum atomic E-state index is 9.45. The summed E-state index contributed by atoms with van der Waals surface area (Å²) in [6.45, 7) is 7.44. The van der Waals surface area contributed by atoms with E-state index in [1.54, 1.807) is 0 Å². The summed E-state index contributed by atoms with van der Waals surface area (Å²) in [4.78, 5) is 5.16. The number of nitrogens with zero attached hydrogens (tertiary/aromatic N) is 2. The van der Waals surface area contributed by atoms with Crippen molar-refractivity contribution in [2.45, 2.75) is 57.5 Å². The Morgan fingerprint density at radius 1 is 0.722 bits per heavy atom. The lowest BCUT2D eigenvalue weighted by Gasteiger charge is -2.29. The zero-order valence-corrected chi connectivity index (χ0v) is 11.8. The Morgan fingerprint density at radius 2 is 1.28 bits per heavy atom. The van der Waals surface area contributed by atoms with Gasteiger partial charge in [-0.05, 0) is 64.7 Å². The van der Waals surface area contributed by atoms with Gasteiger partial charge in [0.1, 0.15) is 0 Å². The zero-order chi connectivity index (χ0) is 12.6. The molecule has 0 saturated carbocycles. The molecule has 0 bridgehead atoms. The first-order valence-electron chi connectivity index (χ1n) is 7.97. The first-order chi connectivity index (χ1) is 8.84. The fraction of sp³-hybridized carbons (Fsp3) is 1.00. The predicted octanol–water partition coefficient (Wildman–Crippen LogP) is 2.10. The van der Waals surface area contributed by atoms with Crippen LogP contribution in [-0.2, 0) is 0 Å². The molecule has 2 aliphatic rings. The van der Waals surface area contributed by atoms with Crippen LogP contribution >= 0.6 is 0 Å². The second-order valence-electron chi connectivity index (χ2n) is 6.04. The van der Waals surface area contributed by atoms with Crippen molar-refractivity contribution in [3.63, 3.8) is 0 Å². The van der Waals surface area contributed by atoms with Gasteiger partial charge in [0.15, 0.2) is 0 Å². The summed E-state index contributed by atoms with van der Waals surface area (Å²) in [7, 11) is 0. The Labute approximate surface area is 112 Å². The van der Waals surface area contributed by atoms with E-state index in [1.165, 1.54) is 64.7 Å². The van der Waals surface area contributed by atoms with E-state index in [0.717, 1.165) is 25.9 Å². The van der Waals surface area contributed by atoms with Crippen LogP contribution in [0.5, 0.6) is 0 Å². The van der Waals surface area contributed by atoms with E-state index in [2.05, 4.69) is 9.80 Å². The maximum Gasteiger partial charge on any atom is 0.0564 e. The number of aliphatic hydroxyl groups is 1. The number of hydrogen-bond donors (Lipinski definition) is 1. The van der Waals surface area contributed by atoms with Gasteiger partial charge in [-0.25, -0.2) is 0 Å². The van der Waals surface area contributed by atoms with E-state index in [0.29, 0.717) is 0 Å². The second kappa shape index (κ2) is 8.13. The van der Waals surface area contributed by atoms with Crippen LogP contribution in [0.2, 0.25) is 0 Å². The van der Waals surface area contributed by atoms with Crippen molar-refractivity contribution in [2.24, 2.45) is 0 Å². The Bertz CT molecular complexity index is 209. The fourth-order valence-electron chi connectivity index (χ4n) is 3.17. The fourth-order valence-corrected chi connectivity index (χ4v) is 3.17. The molecule has 0 aromatic carbocycles. The molecular formula is C15H30N2O. The standard InChI is InChI=1S/C15H30N2O/c18-15-7-13-17(14-8-15)12-6-2-5-11-16-9-3-1-4-10-16/h15,18H,1-14H2. The Hall–Kier alpha value is -0.120. The molecule has 0 unspecified atom stereocenters. The van der Waals surface area contributed by atoms with Crippen molar-refractivity contribution in [1.82, 2.24) is 9.80 Å². The summed E-state index contributed by atoms with van der Waals surface area (Å²) in [6, 6.07) is 0. The molecule has 2 rings (SSSR count). The van der Waals surface area contributed by atoms with Crippen molar-refractivity contribution in [3.05, 3.63) is 0 Å². The number of hydrogen-bond acceptors (Lipinski definition) is 3. The first-order valence-corrected chi connectivity index (χ1v) is 7.97. The van der Waals surface area contributed by atoms with Crippen LogP contribution in [0.1, 0.15) is 51.4 Å². The summed E-state index contributed by atoms with van der Waals surface area (Å²) in [5.74, 6) is 0. The van der Waals surface area contributed by atoms with E-state index in [4.69, 9.17) is 0 Å². The van der Waals surface area contributed by atoms with Crippen LogP contribution in [0.25, 0.3) is 0 Å². The molecule has 3 nitrogen and oxygen atoms in total. The molecular weight excluding hydrogens is 224 g/mol. The molecule has 2 heterocycles. The van der Waals surface area contributed by atoms with Crippen molar-refractivity contribution in [1.29, 1.82) is 0 Å². The van der Waals surface area contributed by atoms with E-state index < -0.39 is 0 Å². The highest BCUT2D eigenvalue weighted by Gasteiger charge is 2.16. The van der Waals surface area contributed by atoms with Gasteiger partial charge in [-0.3, -0.25) is 0 Å². The summed E-state index contributed by atoms with van der Waals surface area (Å²) in [6.07, 6.45) is 10.3. The van der Waals surface area contributed by atoms with E-state index in [9.17, 15) is 5.11 Å². The molecule has 0 radical (unpaired) electrons. The molecule has 2 saturated heterocycles. The van der Waals surface area contributed by atoms with E-state index >= 15 is 0 Å². The van der Waals surface area contributed by atoms with Crippen LogP contribution < -0.4 is 0 Å². The summed E-state index contributed by atoms with van der Waals surface area (Å²) >= 11 is 0. The molecule has 0 aliphatic carbocycles. The van der Waals surface area contributed by atoms with Crippen LogP contribution in [0.4, 0.5) is 0 Å². The van der Waals surface area contributed by atoms with Crippen molar-refractivity contribution < 1.29 is 5.11 Å². The molecule has 18 heavy (non-hydrogen) atoms. The van der Waals surface area contributed by atoms with E-state index in [1.807, 2.05) is 0 Å². The van der Waals surface area contributed by atoms with Gasteiger partial charge >= 0.3 is 0 Å². The second-order valence-corrected chi connectivity index (χ2v) is 6.04. The number of unbranched alkanes of at least 4 members (excludes halogenated alkanes) is 2. The lowest BCUT2D eigenvalue weighted by atomic mass is 10.1. The molecule has 2 aliphatic heterocycles. The Kier molecular flexibility index (Phi) is 6.46. The molecule has 106 valence electrons. The number of likely N-dealkylation sites (tertiary alicyclic amines) is 2. The zero-order valence-electron chi connectivity index (χ0n) is 11.8. The first kappa shape index (κ1) is 14.3. The molecule has 1 N–H and O–H groups in total. The average molecular weight is 254 g/mol. The smallest absolute Gasteiger partial charge is 0.0564 e. The van der Waals surface area contributed by atoms with E-state index in [-0.39, 0.29) is 6.10 Å². The SMILES string of the molecule is OC1CCN(CCCCCN2CCCCC2)CC1. The number of rotatable bonds is 6. The van der Waals surface area contributed by atoms with Crippen LogP contribution in [0, 0.1) is 0 Å². The molecule has 0 atom stereocenters. The highest BCUT2D eigenvalue weighted by atomic mass is 16.3. The minimum atomic E-state index is -0.0275. The third-order valence-corrected chi connectivity index (χ3v) is 4.45. The van der Waals surface area contributed by atoms with Crippen LogP contribution in [0.15, 0.2) is 0 Å². The van der Waals surface area contributed by atoms with Gasteiger partial charge in [-0.1, -0.05) is 12.8 Å². The van der Waals surface area contributed by atoms with Crippen molar-refractivity contribution in [3.8, 4) is 0 Å². The van der Waals surface area contributed by atoms with Gasteiger partial charge in [0, 0.05) is 13.1 Å². The van der Waals surface area contributed by atoms with Gasteiger partial charge in [-0.15, -0.1) is 0 Å². The predicted molar refractivity (Wildman–Crippen MR) is 75.8 cm³/mol.